The van der Waals surface area contributed by atoms with E-state index in [-0.39, 0.29) is 11.3 Å². The molecule has 0 spiro atoms. The third kappa shape index (κ3) is 3.28. The Morgan fingerprint density at radius 3 is 2.50 bits per heavy atom. The number of aryl methyl sites for hydroxylation is 1. The van der Waals surface area contributed by atoms with E-state index in [2.05, 4.69) is 10.5 Å². The molecule has 32 heavy (non-hydrogen) atoms. The van der Waals surface area contributed by atoms with Gasteiger partial charge in [-0.1, -0.05) is 52.6 Å². The summed E-state index contributed by atoms with van der Waals surface area (Å²) in [6.45, 7) is 1.65. The molecule has 160 valence electrons. The molecule has 0 bridgehead atoms. The maximum Gasteiger partial charge on any atom is 0.261 e. The van der Waals surface area contributed by atoms with Crippen molar-refractivity contribution < 1.29 is 18.5 Å². The van der Waals surface area contributed by atoms with Crippen LogP contribution in [0, 0.1) is 6.92 Å². The molecule has 6 nitrogen and oxygen atoms in total. The van der Waals surface area contributed by atoms with Crippen LogP contribution in [0.1, 0.15) is 16.1 Å². The largest absolute Gasteiger partial charge is 0.495 e. The number of hydrogen-bond acceptors (Lipinski definition) is 5. The number of anilines is 1. The molecule has 2 aromatic heterocycles. The molecule has 0 atom stereocenters. The molecular formula is C24H16Cl2N2O4. The van der Waals surface area contributed by atoms with E-state index in [0.717, 1.165) is 16.4 Å². The fraction of sp³-hybridized carbons (Fsp3) is 0.0833. The lowest BCUT2D eigenvalue weighted by Gasteiger charge is -2.11. The van der Waals surface area contributed by atoms with Gasteiger partial charge in [0.25, 0.3) is 5.91 Å². The average Bonchev–Trinajstić information content (AvgIpc) is 3.33. The smallest absolute Gasteiger partial charge is 0.261 e. The van der Waals surface area contributed by atoms with Crippen molar-refractivity contribution in [1.29, 1.82) is 0 Å². The van der Waals surface area contributed by atoms with E-state index in [1.54, 1.807) is 38.3 Å². The van der Waals surface area contributed by atoms with E-state index in [1.807, 2.05) is 30.3 Å². The number of furan rings is 1. The molecule has 1 N–H and O–H groups in total. The number of halogens is 2. The number of amides is 1. The molecule has 5 rings (SSSR count). The fourth-order valence-corrected chi connectivity index (χ4v) is 4.31. The summed E-state index contributed by atoms with van der Waals surface area (Å²) >= 11 is 12.7. The van der Waals surface area contributed by atoms with Gasteiger partial charge in [0.2, 0.25) is 0 Å². The average molecular weight is 467 g/mol. The van der Waals surface area contributed by atoms with Crippen molar-refractivity contribution in [2.75, 3.05) is 12.4 Å². The zero-order valence-electron chi connectivity index (χ0n) is 17.0. The van der Waals surface area contributed by atoms with E-state index >= 15 is 0 Å². The SMILES string of the molecule is COc1cc2c(cc1NC(=O)c1c(-c3c(Cl)cccc3Cl)noc1C)oc1ccccc12. The topological polar surface area (TPSA) is 77.5 Å². The molecule has 5 aromatic rings. The van der Waals surface area contributed by atoms with Gasteiger partial charge in [-0.3, -0.25) is 4.79 Å². The standard InChI is InChI=1S/C24H16Cl2N2O4/c1-12-21(23(28-32-12)22-15(25)7-5-8-16(22)26)24(29)27-17-11-19-14(10-20(17)30-2)13-6-3-4-9-18(13)31-19/h3-11H,1-2H3,(H,27,29). The van der Waals surface area contributed by atoms with Crippen molar-refractivity contribution in [3.8, 4) is 17.0 Å². The molecule has 0 saturated carbocycles. The van der Waals surface area contributed by atoms with E-state index in [9.17, 15) is 4.79 Å². The molecule has 3 aromatic carbocycles. The van der Waals surface area contributed by atoms with Crippen molar-refractivity contribution in [3.63, 3.8) is 0 Å². The number of carbonyl (C=O) groups excluding carboxylic acids is 1. The van der Waals surface area contributed by atoms with Crippen LogP contribution in [0.3, 0.4) is 0 Å². The number of nitrogens with zero attached hydrogens (tertiary/aromatic N) is 1. The van der Waals surface area contributed by atoms with Crippen LogP contribution in [0.15, 0.2) is 63.5 Å². The minimum Gasteiger partial charge on any atom is -0.495 e. The number of hydrogen-bond donors (Lipinski definition) is 1. The Balaban J connectivity index is 1.59. The Morgan fingerprint density at radius 2 is 1.75 bits per heavy atom. The third-order valence-corrected chi connectivity index (χ3v) is 5.87. The van der Waals surface area contributed by atoms with E-state index in [0.29, 0.717) is 38.4 Å². The highest BCUT2D eigenvalue weighted by atomic mass is 35.5. The van der Waals surface area contributed by atoms with Gasteiger partial charge in [-0.15, -0.1) is 0 Å². The summed E-state index contributed by atoms with van der Waals surface area (Å²) in [6.07, 6.45) is 0. The summed E-state index contributed by atoms with van der Waals surface area (Å²) in [6, 6.07) is 16.3. The number of aromatic nitrogens is 1. The summed E-state index contributed by atoms with van der Waals surface area (Å²) in [4.78, 5) is 13.3. The summed E-state index contributed by atoms with van der Waals surface area (Å²) < 4.78 is 16.8. The number of methoxy groups -OCH3 is 1. The van der Waals surface area contributed by atoms with Gasteiger partial charge in [0, 0.05) is 22.4 Å². The maximum absolute atomic E-state index is 13.3. The van der Waals surface area contributed by atoms with E-state index in [4.69, 9.17) is 36.9 Å². The number of rotatable bonds is 4. The van der Waals surface area contributed by atoms with Crippen LogP contribution in [-0.4, -0.2) is 18.2 Å². The molecular weight excluding hydrogens is 451 g/mol. The molecule has 0 unspecified atom stereocenters. The molecule has 1 amide bonds. The molecule has 0 saturated heterocycles. The highest BCUT2D eigenvalue weighted by Gasteiger charge is 2.26. The van der Waals surface area contributed by atoms with Crippen molar-refractivity contribution >= 4 is 56.7 Å². The van der Waals surface area contributed by atoms with E-state index in [1.165, 1.54) is 0 Å². The summed E-state index contributed by atoms with van der Waals surface area (Å²) in [7, 11) is 1.54. The lowest BCUT2D eigenvalue weighted by molar-refractivity contribution is 0.102. The molecule has 0 aliphatic rings. The Hall–Kier alpha value is -3.48. The maximum atomic E-state index is 13.3. The van der Waals surface area contributed by atoms with E-state index < -0.39 is 5.91 Å². The second-order valence-corrected chi connectivity index (χ2v) is 7.97. The Labute approximate surface area is 192 Å². The molecule has 0 radical (unpaired) electrons. The number of ether oxygens (including phenoxy) is 1. The van der Waals surface area contributed by atoms with Crippen LogP contribution >= 0.6 is 23.2 Å². The van der Waals surface area contributed by atoms with Gasteiger partial charge in [0.05, 0.1) is 22.8 Å². The van der Waals surface area contributed by atoms with Crippen LogP contribution < -0.4 is 10.1 Å². The first kappa shape index (κ1) is 20.4. The number of fused-ring (bicyclic) bond motifs is 3. The highest BCUT2D eigenvalue weighted by Crippen LogP contribution is 2.39. The summed E-state index contributed by atoms with van der Waals surface area (Å²) in [5.41, 5.74) is 2.74. The first-order chi connectivity index (χ1) is 15.5. The van der Waals surface area contributed by atoms with Gasteiger partial charge >= 0.3 is 0 Å². The minimum absolute atomic E-state index is 0.228. The van der Waals surface area contributed by atoms with Gasteiger partial charge in [0.15, 0.2) is 0 Å². The molecule has 0 aliphatic carbocycles. The summed E-state index contributed by atoms with van der Waals surface area (Å²) in [5, 5.41) is 9.49. The molecule has 8 heteroatoms. The van der Waals surface area contributed by atoms with Gasteiger partial charge in [0.1, 0.15) is 33.9 Å². The predicted octanol–water partition coefficient (Wildman–Crippen LogP) is 7.12. The van der Waals surface area contributed by atoms with Crippen molar-refractivity contribution in [3.05, 3.63) is 76.0 Å². The second-order valence-electron chi connectivity index (χ2n) is 7.16. The third-order valence-electron chi connectivity index (χ3n) is 5.24. The second kappa shape index (κ2) is 7.89. The van der Waals surface area contributed by atoms with Crippen molar-refractivity contribution in [2.24, 2.45) is 0 Å². The summed E-state index contributed by atoms with van der Waals surface area (Å²) in [5.74, 6) is 0.379. The van der Waals surface area contributed by atoms with Gasteiger partial charge in [-0.2, -0.15) is 0 Å². The zero-order valence-corrected chi connectivity index (χ0v) is 18.5. The lowest BCUT2D eigenvalue weighted by Crippen LogP contribution is -2.14. The number of nitrogens with one attached hydrogen (secondary N) is 1. The van der Waals surface area contributed by atoms with Crippen LogP contribution in [0.4, 0.5) is 5.69 Å². The van der Waals surface area contributed by atoms with Crippen LogP contribution in [0.2, 0.25) is 10.0 Å². The number of carbonyl (C=O) groups is 1. The Morgan fingerprint density at radius 1 is 1.00 bits per heavy atom. The first-order valence-corrected chi connectivity index (χ1v) is 10.4. The van der Waals surface area contributed by atoms with Gasteiger partial charge in [-0.05, 0) is 31.2 Å². The Kier molecular flexibility index (Phi) is 5.04. The van der Waals surface area contributed by atoms with Gasteiger partial charge < -0.3 is 19.0 Å². The monoisotopic (exact) mass is 466 g/mol. The minimum atomic E-state index is -0.441. The van der Waals surface area contributed by atoms with Crippen molar-refractivity contribution in [1.82, 2.24) is 5.16 Å². The van der Waals surface area contributed by atoms with Crippen LogP contribution in [-0.2, 0) is 0 Å². The lowest BCUT2D eigenvalue weighted by atomic mass is 10.0. The first-order valence-electron chi connectivity index (χ1n) is 9.69. The number of para-hydroxylation sites is 1. The molecule has 0 fully saturated rings. The fourth-order valence-electron chi connectivity index (χ4n) is 3.74. The highest BCUT2D eigenvalue weighted by molar-refractivity contribution is 6.39. The quantitative estimate of drug-likeness (QED) is 0.305. The van der Waals surface area contributed by atoms with Crippen LogP contribution in [0.25, 0.3) is 33.2 Å². The zero-order chi connectivity index (χ0) is 22.4. The van der Waals surface area contributed by atoms with Crippen LogP contribution in [0.5, 0.6) is 5.75 Å². The van der Waals surface area contributed by atoms with Gasteiger partial charge in [-0.25, -0.2) is 0 Å². The normalized spacial score (nSPS) is 11.2. The predicted molar refractivity (Wildman–Crippen MR) is 125 cm³/mol. The van der Waals surface area contributed by atoms with Crippen molar-refractivity contribution in [2.45, 2.75) is 6.92 Å². The Bertz CT molecular complexity index is 1480. The number of benzene rings is 3. The molecule has 2 heterocycles. The molecule has 0 aliphatic heterocycles.